The molecule has 0 aromatic heterocycles. The van der Waals surface area contributed by atoms with Crippen LogP contribution in [0.5, 0.6) is 0 Å². The monoisotopic (exact) mass is 225 g/mol. The third-order valence-corrected chi connectivity index (χ3v) is 3.96. The van der Waals surface area contributed by atoms with Crippen LogP contribution in [0.1, 0.15) is 42.4 Å². The molecular weight excluding hydrogens is 206 g/mol. The second-order valence-electron chi connectivity index (χ2n) is 5.54. The van der Waals surface area contributed by atoms with E-state index in [-0.39, 0.29) is 5.41 Å². The summed E-state index contributed by atoms with van der Waals surface area (Å²) in [6.45, 7) is 3.13. The van der Waals surface area contributed by atoms with Crippen LogP contribution in [0.25, 0.3) is 0 Å². The standard InChI is InChI=1S/C16H19N/c1-3-16(8-9-16)15-7-4-12(2)10-13(15)11-17-14-5-6-14/h1,4,7,10,14,17H,5-6,8-9,11H2,2H3. The highest BCUT2D eigenvalue weighted by molar-refractivity contribution is 5.46. The lowest BCUT2D eigenvalue weighted by Gasteiger charge is -2.16. The van der Waals surface area contributed by atoms with E-state index in [1.807, 2.05) is 0 Å². The van der Waals surface area contributed by atoms with Crippen LogP contribution in [0.15, 0.2) is 18.2 Å². The molecule has 3 rings (SSSR count). The Hall–Kier alpha value is -1.26. The maximum Gasteiger partial charge on any atom is 0.0564 e. The molecule has 88 valence electrons. The Morgan fingerprint density at radius 3 is 2.76 bits per heavy atom. The third kappa shape index (κ3) is 2.10. The maximum atomic E-state index is 5.71. The van der Waals surface area contributed by atoms with Crippen LogP contribution in [0, 0.1) is 19.3 Å². The van der Waals surface area contributed by atoms with Crippen molar-refractivity contribution in [3.05, 3.63) is 34.9 Å². The molecular formula is C16H19N. The summed E-state index contributed by atoms with van der Waals surface area (Å²) in [5.41, 5.74) is 4.19. The van der Waals surface area contributed by atoms with Crippen molar-refractivity contribution in [1.29, 1.82) is 0 Å². The average molecular weight is 225 g/mol. The van der Waals surface area contributed by atoms with Crippen molar-refractivity contribution >= 4 is 0 Å². The lowest BCUT2D eigenvalue weighted by Crippen LogP contribution is -2.18. The summed E-state index contributed by atoms with van der Waals surface area (Å²) in [6, 6.07) is 7.48. The predicted molar refractivity (Wildman–Crippen MR) is 70.8 cm³/mol. The van der Waals surface area contributed by atoms with E-state index in [2.05, 4.69) is 36.4 Å². The molecule has 0 radical (unpaired) electrons. The molecule has 0 aliphatic heterocycles. The number of aryl methyl sites for hydroxylation is 1. The number of hydrogen-bond acceptors (Lipinski definition) is 1. The minimum atomic E-state index is 0.0638. The Morgan fingerprint density at radius 1 is 1.41 bits per heavy atom. The fourth-order valence-corrected chi connectivity index (χ4v) is 2.49. The zero-order chi connectivity index (χ0) is 11.9. The van der Waals surface area contributed by atoms with Gasteiger partial charge in [0.2, 0.25) is 0 Å². The van der Waals surface area contributed by atoms with Crippen LogP contribution in [0.3, 0.4) is 0 Å². The minimum Gasteiger partial charge on any atom is -0.310 e. The van der Waals surface area contributed by atoms with E-state index >= 15 is 0 Å². The van der Waals surface area contributed by atoms with Crippen LogP contribution in [-0.4, -0.2) is 6.04 Å². The van der Waals surface area contributed by atoms with Gasteiger partial charge in [0.05, 0.1) is 5.41 Å². The number of hydrogen-bond donors (Lipinski definition) is 1. The van der Waals surface area contributed by atoms with Crippen LogP contribution in [0.4, 0.5) is 0 Å². The van der Waals surface area contributed by atoms with Gasteiger partial charge >= 0.3 is 0 Å². The molecule has 2 saturated carbocycles. The molecule has 1 aromatic rings. The van der Waals surface area contributed by atoms with Crippen LogP contribution >= 0.6 is 0 Å². The molecule has 0 unspecified atom stereocenters. The van der Waals surface area contributed by atoms with Crippen molar-refractivity contribution in [2.45, 2.75) is 50.6 Å². The summed E-state index contributed by atoms with van der Waals surface area (Å²) in [5.74, 6) is 3.00. The summed E-state index contributed by atoms with van der Waals surface area (Å²) in [4.78, 5) is 0. The van der Waals surface area contributed by atoms with Crippen molar-refractivity contribution in [2.75, 3.05) is 0 Å². The number of rotatable bonds is 4. The molecule has 1 N–H and O–H groups in total. The maximum absolute atomic E-state index is 5.71. The van der Waals surface area contributed by atoms with Crippen molar-refractivity contribution in [2.24, 2.45) is 0 Å². The molecule has 2 aliphatic carbocycles. The second kappa shape index (κ2) is 3.89. The molecule has 1 nitrogen and oxygen atoms in total. The molecule has 17 heavy (non-hydrogen) atoms. The van der Waals surface area contributed by atoms with Crippen molar-refractivity contribution in [3.63, 3.8) is 0 Å². The fourth-order valence-electron chi connectivity index (χ4n) is 2.49. The number of benzene rings is 1. The van der Waals surface area contributed by atoms with Gasteiger partial charge in [-0.25, -0.2) is 0 Å². The molecule has 1 heteroatoms. The lowest BCUT2D eigenvalue weighted by molar-refractivity contribution is 0.677. The Morgan fingerprint density at radius 2 is 2.18 bits per heavy atom. The van der Waals surface area contributed by atoms with Gasteiger partial charge in [-0.3, -0.25) is 0 Å². The highest BCUT2D eigenvalue weighted by Gasteiger charge is 2.43. The Labute approximate surface area is 104 Å². The zero-order valence-corrected chi connectivity index (χ0v) is 10.4. The fraction of sp³-hybridized carbons (Fsp3) is 0.500. The van der Waals surface area contributed by atoms with Gasteiger partial charge in [0.25, 0.3) is 0 Å². The molecule has 1 aromatic carbocycles. The van der Waals surface area contributed by atoms with Gasteiger partial charge in [0.1, 0.15) is 0 Å². The molecule has 0 atom stereocenters. The quantitative estimate of drug-likeness (QED) is 0.777. The van der Waals surface area contributed by atoms with Gasteiger partial charge in [-0.15, -0.1) is 6.42 Å². The van der Waals surface area contributed by atoms with E-state index < -0.39 is 0 Å². The first-order valence-corrected chi connectivity index (χ1v) is 6.55. The highest BCUT2D eigenvalue weighted by Crippen LogP contribution is 2.48. The Kier molecular flexibility index (Phi) is 2.49. The summed E-state index contributed by atoms with van der Waals surface area (Å²) in [7, 11) is 0. The van der Waals surface area contributed by atoms with Crippen LogP contribution in [-0.2, 0) is 12.0 Å². The van der Waals surface area contributed by atoms with Crippen LogP contribution < -0.4 is 5.32 Å². The zero-order valence-electron chi connectivity index (χ0n) is 10.4. The molecule has 2 aliphatic rings. The van der Waals surface area contributed by atoms with Gasteiger partial charge in [0.15, 0.2) is 0 Å². The molecule has 0 spiro atoms. The minimum absolute atomic E-state index is 0.0638. The van der Waals surface area contributed by atoms with E-state index in [4.69, 9.17) is 6.42 Å². The Balaban J connectivity index is 1.88. The molecule has 0 saturated heterocycles. The highest BCUT2D eigenvalue weighted by atomic mass is 14.9. The number of nitrogens with one attached hydrogen (secondary N) is 1. The first-order valence-electron chi connectivity index (χ1n) is 6.55. The topological polar surface area (TPSA) is 12.0 Å². The van der Waals surface area contributed by atoms with Gasteiger partial charge in [-0.2, -0.15) is 0 Å². The van der Waals surface area contributed by atoms with E-state index in [0.29, 0.717) is 0 Å². The molecule has 0 amide bonds. The van der Waals surface area contributed by atoms with Crippen molar-refractivity contribution in [1.82, 2.24) is 5.32 Å². The largest absolute Gasteiger partial charge is 0.310 e. The summed E-state index contributed by atoms with van der Waals surface area (Å²) < 4.78 is 0. The summed E-state index contributed by atoms with van der Waals surface area (Å²) >= 11 is 0. The van der Waals surface area contributed by atoms with E-state index in [0.717, 1.165) is 25.4 Å². The summed E-state index contributed by atoms with van der Waals surface area (Å²) in [5, 5.41) is 3.60. The van der Waals surface area contributed by atoms with E-state index in [9.17, 15) is 0 Å². The summed E-state index contributed by atoms with van der Waals surface area (Å²) in [6.07, 6.45) is 10.7. The molecule has 0 heterocycles. The Bertz CT molecular complexity index is 473. The SMILES string of the molecule is C#CC1(c2ccc(C)cc2CNC2CC2)CC1. The first kappa shape index (κ1) is 10.9. The van der Waals surface area contributed by atoms with E-state index in [1.165, 1.54) is 29.5 Å². The van der Waals surface area contributed by atoms with Gasteiger partial charge in [0, 0.05) is 12.6 Å². The third-order valence-electron chi connectivity index (χ3n) is 3.96. The van der Waals surface area contributed by atoms with Gasteiger partial charge in [-0.05, 0) is 43.7 Å². The van der Waals surface area contributed by atoms with Gasteiger partial charge < -0.3 is 5.32 Å². The normalized spacial score (nSPS) is 20.9. The molecule has 2 fully saturated rings. The predicted octanol–water partition coefficient (Wildman–Crippen LogP) is 2.91. The smallest absolute Gasteiger partial charge is 0.0564 e. The van der Waals surface area contributed by atoms with Crippen molar-refractivity contribution < 1.29 is 0 Å². The number of terminal acetylenes is 1. The lowest BCUT2D eigenvalue weighted by atomic mass is 9.91. The molecule has 0 bridgehead atoms. The first-order chi connectivity index (χ1) is 8.23. The van der Waals surface area contributed by atoms with Crippen molar-refractivity contribution in [3.8, 4) is 12.3 Å². The van der Waals surface area contributed by atoms with E-state index in [1.54, 1.807) is 0 Å². The van der Waals surface area contributed by atoms with Crippen LogP contribution in [0.2, 0.25) is 0 Å². The average Bonchev–Trinajstić information content (AvgIpc) is 3.21. The second-order valence-corrected chi connectivity index (χ2v) is 5.54. The van der Waals surface area contributed by atoms with Gasteiger partial charge in [-0.1, -0.05) is 29.7 Å².